The second-order valence-electron chi connectivity index (χ2n) is 4.81. The SMILES string of the molecule is Cc1n[nH]c(C)c1CN=C(N)Nc1ccc(OC(F)(F)F)cc1. The third-order valence-corrected chi connectivity index (χ3v) is 3.05. The number of ether oxygens (including phenoxy) is 1. The zero-order chi connectivity index (χ0) is 17.0. The third kappa shape index (κ3) is 4.90. The number of aryl methyl sites for hydroxylation is 2. The predicted octanol–water partition coefficient (Wildman–Crippen LogP) is 2.85. The summed E-state index contributed by atoms with van der Waals surface area (Å²) in [5.74, 6) is -0.155. The number of aliphatic imine (C=N–C) groups is 1. The molecule has 0 saturated carbocycles. The molecule has 9 heteroatoms. The van der Waals surface area contributed by atoms with Crippen molar-refractivity contribution in [3.05, 3.63) is 41.2 Å². The van der Waals surface area contributed by atoms with Crippen LogP contribution in [0.5, 0.6) is 5.75 Å². The molecule has 124 valence electrons. The maximum absolute atomic E-state index is 12.1. The molecule has 0 aliphatic carbocycles. The molecular formula is C14H16F3N5O. The minimum atomic E-state index is -4.71. The minimum Gasteiger partial charge on any atom is -0.406 e. The van der Waals surface area contributed by atoms with Crippen molar-refractivity contribution in [2.75, 3.05) is 5.32 Å². The summed E-state index contributed by atoms with van der Waals surface area (Å²) in [6, 6.07) is 5.20. The Kier molecular flexibility index (Phi) is 4.77. The number of nitrogens with zero attached hydrogens (tertiary/aromatic N) is 2. The van der Waals surface area contributed by atoms with Gasteiger partial charge in [-0.2, -0.15) is 5.10 Å². The maximum atomic E-state index is 12.1. The Hall–Kier alpha value is -2.71. The van der Waals surface area contributed by atoms with E-state index in [1.165, 1.54) is 24.3 Å². The number of H-pyrrole nitrogens is 1. The average Bonchev–Trinajstić information content (AvgIpc) is 2.76. The summed E-state index contributed by atoms with van der Waals surface area (Å²) in [6.07, 6.45) is -4.71. The molecular weight excluding hydrogens is 311 g/mol. The number of hydrogen-bond donors (Lipinski definition) is 3. The number of hydrogen-bond acceptors (Lipinski definition) is 3. The number of aromatic amines is 1. The van der Waals surface area contributed by atoms with Gasteiger partial charge in [-0.1, -0.05) is 0 Å². The highest BCUT2D eigenvalue weighted by Crippen LogP contribution is 2.23. The van der Waals surface area contributed by atoms with Crippen LogP contribution in [0.1, 0.15) is 17.0 Å². The van der Waals surface area contributed by atoms with Crippen molar-refractivity contribution in [2.24, 2.45) is 10.7 Å². The van der Waals surface area contributed by atoms with Gasteiger partial charge in [-0.05, 0) is 38.1 Å². The highest BCUT2D eigenvalue weighted by Gasteiger charge is 2.30. The van der Waals surface area contributed by atoms with Crippen molar-refractivity contribution < 1.29 is 17.9 Å². The van der Waals surface area contributed by atoms with Crippen molar-refractivity contribution in [3.8, 4) is 5.75 Å². The molecule has 23 heavy (non-hydrogen) atoms. The van der Waals surface area contributed by atoms with E-state index in [1.54, 1.807) is 0 Å². The van der Waals surface area contributed by atoms with Gasteiger partial charge in [-0.3, -0.25) is 5.10 Å². The number of aromatic nitrogens is 2. The van der Waals surface area contributed by atoms with Crippen LogP contribution in [-0.4, -0.2) is 22.5 Å². The molecule has 0 aliphatic heterocycles. The van der Waals surface area contributed by atoms with Crippen LogP contribution in [0.2, 0.25) is 0 Å². The van der Waals surface area contributed by atoms with E-state index >= 15 is 0 Å². The normalized spacial score (nSPS) is 12.3. The predicted molar refractivity (Wildman–Crippen MR) is 80.1 cm³/mol. The van der Waals surface area contributed by atoms with Crippen molar-refractivity contribution >= 4 is 11.6 Å². The molecule has 0 unspecified atom stereocenters. The van der Waals surface area contributed by atoms with Gasteiger partial charge < -0.3 is 15.8 Å². The number of halogens is 3. The molecule has 0 fully saturated rings. The van der Waals surface area contributed by atoms with Gasteiger partial charge in [-0.25, -0.2) is 4.99 Å². The summed E-state index contributed by atoms with van der Waals surface area (Å²) in [4.78, 5) is 4.18. The van der Waals surface area contributed by atoms with Crippen molar-refractivity contribution in [3.63, 3.8) is 0 Å². The lowest BCUT2D eigenvalue weighted by molar-refractivity contribution is -0.274. The van der Waals surface area contributed by atoms with Crippen LogP contribution in [0.15, 0.2) is 29.3 Å². The number of benzene rings is 1. The Morgan fingerprint density at radius 3 is 2.48 bits per heavy atom. The zero-order valence-electron chi connectivity index (χ0n) is 12.5. The van der Waals surface area contributed by atoms with E-state index in [-0.39, 0.29) is 11.7 Å². The zero-order valence-corrected chi connectivity index (χ0v) is 12.5. The topological polar surface area (TPSA) is 88.3 Å². The maximum Gasteiger partial charge on any atom is 0.573 e. The first-order chi connectivity index (χ1) is 10.7. The molecule has 6 nitrogen and oxygen atoms in total. The van der Waals surface area contributed by atoms with E-state index in [4.69, 9.17) is 5.73 Å². The van der Waals surface area contributed by atoms with E-state index in [0.29, 0.717) is 12.2 Å². The van der Waals surface area contributed by atoms with Crippen molar-refractivity contribution in [1.82, 2.24) is 10.2 Å². The molecule has 1 aromatic carbocycles. The largest absolute Gasteiger partial charge is 0.573 e. The molecule has 0 radical (unpaired) electrons. The molecule has 1 aromatic heterocycles. The summed E-state index contributed by atoms with van der Waals surface area (Å²) in [5, 5.41) is 9.70. The average molecular weight is 327 g/mol. The number of rotatable bonds is 4. The van der Waals surface area contributed by atoms with Crippen LogP contribution in [0.4, 0.5) is 18.9 Å². The van der Waals surface area contributed by atoms with Gasteiger partial charge in [0.05, 0.1) is 12.2 Å². The first-order valence-electron chi connectivity index (χ1n) is 6.68. The van der Waals surface area contributed by atoms with Gasteiger partial charge in [-0.15, -0.1) is 13.2 Å². The van der Waals surface area contributed by atoms with Gasteiger partial charge in [0.25, 0.3) is 0 Å². The number of nitrogens with one attached hydrogen (secondary N) is 2. The molecule has 0 bridgehead atoms. The Morgan fingerprint density at radius 2 is 1.96 bits per heavy atom. The second kappa shape index (κ2) is 6.59. The summed E-state index contributed by atoms with van der Waals surface area (Å²) < 4.78 is 40.0. The fourth-order valence-corrected chi connectivity index (χ4v) is 1.90. The molecule has 0 spiro atoms. The molecule has 0 atom stereocenters. The van der Waals surface area contributed by atoms with Gasteiger partial charge in [0, 0.05) is 16.9 Å². The summed E-state index contributed by atoms with van der Waals surface area (Å²) >= 11 is 0. The van der Waals surface area contributed by atoms with Crippen LogP contribution >= 0.6 is 0 Å². The molecule has 1 heterocycles. The van der Waals surface area contributed by atoms with Gasteiger partial charge in [0.1, 0.15) is 5.75 Å². The van der Waals surface area contributed by atoms with Crippen molar-refractivity contribution in [1.29, 1.82) is 0 Å². The van der Waals surface area contributed by atoms with Crippen molar-refractivity contribution in [2.45, 2.75) is 26.8 Å². The van der Waals surface area contributed by atoms with E-state index in [1.807, 2.05) is 13.8 Å². The monoisotopic (exact) mass is 327 g/mol. The quantitative estimate of drug-likeness (QED) is 0.595. The molecule has 0 saturated heterocycles. The summed E-state index contributed by atoms with van der Waals surface area (Å²) in [6.45, 7) is 4.09. The van der Waals surface area contributed by atoms with E-state index in [0.717, 1.165) is 17.0 Å². The van der Waals surface area contributed by atoms with Crippen LogP contribution < -0.4 is 15.8 Å². The van der Waals surface area contributed by atoms with Crippen LogP contribution in [0.25, 0.3) is 0 Å². The third-order valence-electron chi connectivity index (χ3n) is 3.05. The number of alkyl halides is 3. The van der Waals surface area contributed by atoms with Crippen LogP contribution in [0.3, 0.4) is 0 Å². The van der Waals surface area contributed by atoms with Gasteiger partial charge >= 0.3 is 6.36 Å². The fraction of sp³-hybridized carbons (Fsp3) is 0.286. The smallest absolute Gasteiger partial charge is 0.406 e. The van der Waals surface area contributed by atoms with Gasteiger partial charge in [0.2, 0.25) is 0 Å². The van der Waals surface area contributed by atoms with Gasteiger partial charge in [0.15, 0.2) is 5.96 Å². The fourth-order valence-electron chi connectivity index (χ4n) is 1.90. The van der Waals surface area contributed by atoms with Crippen LogP contribution in [0, 0.1) is 13.8 Å². The Morgan fingerprint density at radius 1 is 1.30 bits per heavy atom. The Bertz CT molecular complexity index is 672. The summed E-state index contributed by atoms with van der Waals surface area (Å²) in [5.41, 5.74) is 8.96. The number of anilines is 1. The lowest BCUT2D eigenvalue weighted by Gasteiger charge is -2.10. The highest BCUT2D eigenvalue weighted by atomic mass is 19.4. The van der Waals surface area contributed by atoms with E-state index < -0.39 is 6.36 Å². The molecule has 4 N–H and O–H groups in total. The lowest BCUT2D eigenvalue weighted by Crippen LogP contribution is -2.22. The second-order valence-corrected chi connectivity index (χ2v) is 4.81. The first kappa shape index (κ1) is 16.7. The molecule has 2 rings (SSSR count). The molecule has 0 amide bonds. The minimum absolute atomic E-state index is 0.148. The standard InChI is InChI=1S/C14H16F3N5O/c1-8-12(9(2)22-21-8)7-19-13(18)20-10-3-5-11(6-4-10)23-14(15,16)17/h3-6H,7H2,1-2H3,(H,21,22)(H3,18,19,20). The number of nitrogens with two attached hydrogens (primary N) is 1. The van der Waals surface area contributed by atoms with Crippen LogP contribution in [-0.2, 0) is 6.54 Å². The molecule has 2 aromatic rings. The highest BCUT2D eigenvalue weighted by molar-refractivity contribution is 5.92. The Labute approximate surface area is 130 Å². The lowest BCUT2D eigenvalue weighted by atomic mass is 10.2. The van der Waals surface area contributed by atoms with E-state index in [9.17, 15) is 13.2 Å². The first-order valence-corrected chi connectivity index (χ1v) is 6.68. The summed E-state index contributed by atoms with van der Waals surface area (Å²) in [7, 11) is 0. The Balaban J connectivity index is 1.97. The van der Waals surface area contributed by atoms with E-state index in [2.05, 4.69) is 25.2 Å². The number of guanidine groups is 1. The molecule has 0 aliphatic rings.